The number of piperidine rings is 1. The van der Waals surface area contributed by atoms with Crippen LogP contribution in [0.2, 0.25) is 0 Å². The summed E-state index contributed by atoms with van der Waals surface area (Å²) in [7, 11) is 0. The average molecular weight is 485 g/mol. The zero-order valence-corrected chi connectivity index (χ0v) is 20.5. The van der Waals surface area contributed by atoms with Crippen molar-refractivity contribution in [3.63, 3.8) is 0 Å². The molecule has 0 bridgehead atoms. The minimum atomic E-state index is -0.444. The van der Waals surface area contributed by atoms with Crippen molar-refractivity contribution in [3.05, 3.63) is 47.3 Å². The first kappa shape index (κ1) is 24.8. The van der Waals surface area contributed by atoms with Gasteiger partial charge in [-0.1, -0.05) is 6.07 Å². The molecule has 0 unspecified atom stereocenters. The number of halogens is 1. The summed E-state index contributed by atoms with van der Waals surface area (Å²) in [6.07, 6.45) is 1.87. The third kappa shape index (κ3) is 6.42. The van der Waals surface area contributed by atoms with Crippen LogP contribution in [-0.2, 0) is 17.9 Å². The summed E-state index contributed by atoms with van der Waals surface area (Å²) >= 11 is 0. The predicted octanol–water partition coefficient (Wildman–Crippen LogP) is 4.48. The van der Waals surface area contributed by atoms with Crippen LogP contribution in [-0.4, -0.2) is 48.1 Å². The molecular formula is C26H33FN4O4. The van der Waals surface area contributed by atoms with Gasteiger partial charge in [-0.2, -0.15) is 9.37 Å². The SMILES string of the molecule is CCOc1cc(CN2CCC(Nc3nc4cc(CNC(C)=O)ccc4o3)CC2)cc(OCC)c1F. The molecule has 8 nitrogen and oxygen atoms in total. The standard InChI is InChI=1S/C26H33FN4O4/c1-4-33-23-13-19(14-24(25(23)27)34-5-2)16-31-10-8-20(9-11-31)29-26-30-21-12-18(15-28-17(3)32)6-7-22(21)35-26/h6-7,12-14,20H,4-5,8-11,15-16H2,1-3H3,(H,28,32)(H,29,30). The average Bonchev–Trinajstić information content (AvgIpc) is 3.23. The molecule has 0 spiro atoms. The summed E-state index contributed by atoms with van der Waals surface area (Å²) in [6.45, 7) is 8.92. The van der Waals surface area contributed by atoms with Crippen LogP contribution in [0.5, 0.6) is 11.5 Å². The van der Waals surface area contributed by atoms with Crippen molar-refractivity contribution in [3.8, 4) is 11.5 Å². The van der Waals surface area contributed by atoms with E-state index in [4.69, 9.17) is 13.9 Å². The topological polar surface area (TPSA) is 88.9 Å². The molecule has 4 rings (SSSR count). The van der Waals surface area contributed by atoms with Crippen molar-refractivity contribution in [1.82, 2.24) is 15.2 Å². The van der Waals surface area contributed by atoms with E-state index in [1.165, 1.54) is 6.92 Å². The molecule has 9 heteroatoms. The molecule has 0 saturated carbocycles. The van der Waals surface area contributed by atoms with Crippen molar-refractivity contribution in [1.29, 1.82) is 0 Å². The summed E-state index contributed by atoms with van der Waals surface area (Å²) in [6, 6.07) is 10.0. The Bertz CT molecular complexity index is 1130. The molecule has 1 aliphatic heterocycles. The van der Waals surface area contributed by atoms with Gasteiger partial charge in [0, 0.05) is 39.1 Å². The number of aromatic nitrogens is 1. The van der Waals surface area contributed by atoms with Crippen molar-refractivity contribution in [2.75, 3.05) is 31.6 Å². The Balaban J connectivity index is 1.33. The van der Waals surface area contributed by atoms with Gasteiger partial charge in [0.05, 0.1) is 13.2 Å². The van der Waals surface area contributed by atoms with Gasteiger partial charge in [-0.05, 0) is 62.1 Å². The second-order valence-corrected chi connectivity index (χ2v) is 8.70. The van der Waals surface area contributed by atoms with Crippen molar-refractivity contribution in [2.24, 2.45) is 0 Å². The highest BCUT2D eigenvalue weighted by Gasteiger charge is 2.22. The number of carbonyl (C=O) groups is 1. The van der Waals surface area contributed by atoms with E-state index in [0.717, 1.165) is 42.6 Å². The lowest BCUT2D eigenvalue weighted by molar-refractivity contribution is -0.119. The third-order valence-corrected chi connectivity index (χ3v) is 5.98. The predicted molar refractivity (Wildman–Crippen MR) is 132 cm³/mol. The maximum absolute atomic E-state index is 14.5. The number of nitrogens with one attached hydrogen (secondary N) is 2. The second-order valence-electron chi connectivity index (χ2n) is 8.70. The number of fused-ring (bicyclic) bond motifs is 1. The van der Waals surface area contributed by atoms with E-state index >= 15 is 0 Å². The monoisotopic (exact) mass is 484 g/mol. The van der Waals surface area contributed by atoms with Gasteiger partial charge < -0.3 is 24.5 Å². The summed E-state index contributed by atoms with van der Waals surface area (Å²) in [5.41, 5.74) is 3.42. The van der Waals surface area contributed by atoms with E-state index in [1.54, 1.807) is 12.1 Å². The highest BCUT2D eigenvalue weighted by molar-refractivity contribution is 5.76. The van der Waals surface area contributed by atoms with Crippen LogP contribution in [0, 0.1) is 5.82 Å². The highest BCUT2D eigenvalue weighted by atomic mass is 19.1. The molecule has 1 aromatic heterocycles. The van der Waals surface area contributed by atoms with Crippen LogP contribution in [0.3, 0.4) is 0 Å². The Kier molecular flexibility index (Phi) is 8.07. The molecule has 1 saturated heterocycles. The number of amides is 1. The minimum Gasteiger partial charge on any atom is -0.491 e. The first-order valence-corrected chi connectivity index (χ1v) is 12.2. The Morgan fingerprint density at radius 1 is 1.11 bits per heavy atom. The summed E-state index contributed by atoms with van der Waals surface area (Å²) in [5.74, 6) is -0.0360. The zero-order valence-electron chi connectivity index (χ0n) is 20.5. The van der Waals surface area contributed by atoms with Crippen molar-refractivity contribution < 1.29 is 23.1 Å². The minimum absolute atomic E-state index is 0.0668. The largest absolute Gasteiger partial charge is 0.491 e. The molecule has 1 fully saturated rings. The maximum atomic E-state index is 14.5. The van der Waals surface area contributed by atoms with Crippen molar-refractivity contribution in [2.45, 2.75) is 52.7 Å². The van der Waals surface area contributed by atoms with Crippen LogP contribution in [0.4, 0.5) is 10.4 Å². The molecule has 1 amide bonds. The molecular weight excluding hydrogens is 451 g/mol. The van der Waals surface area contributed by atoms with Crippen LogP contribution in [0.15, 0.2) is 34.7 Å². The molecule has 35 heavy (non-hydrogen) atoms. The molecule has 188 valence electrons. The maximum Gasteiger partial charge on any atom is 0.295 e. The van der Waals surface area contributed by atoms with E-state index in [9.17, 15) is 9.18 Å². The van der Waals surface area contributed by atoms with Gasteiger partial charge in [-0.15, -0.1) is 0 Å². The van der Waals surface area contributed by atoms with Crippen LogP contribution < -0.4 is 20.1 Å². The van der Waals surface area contributed by atoms with Gasteiger partial charge in [0.1, 0.15) is 5.52 Å². The van der Waals surface area contributed by atoms with E-state index in [1.807, 2.05) is 32.0 Å². The molecule has 3 aromatic rings. The van der Waals surface area contributed by atoms with Crippen LogP contribution in [0.1, 0.15) is 44.7 Å². The van der Waals surface area contributed by atoms with Gasteiger partial charge in [-0.3, -0.25) is 9.69 Å². The number of carbonyl (C=O) groups excluding carboxylic acids is 1. The molecule has 0 radical (unpaired) electrons. The number of benzene rings is 2. The number of oxazole rings is 1. The van der Waals surface area contributed by atoms with Gasteiger partial charge in [0.15, 0.2) is 17.1 Å². The van der Waals surface area contributed by atoms with Gasteiger partial charge in [-0.25, -0.2) is 0 Å². The lowest BCUT2D eigenvalue weighted by Crippen LogP contribution is -2.38. The fourth-order valence-electron chi connectivity index (χ4n) is 4.28. The van der Waals surface area contributed by atoms with E-state index in [-0.39, 0.29) is 23.4 Å². The molecule has 1 aliphatic rings. The third-order valence-electron chi connectivity index (χ3n) is 5.98. The normalized spacial score (nSPS) is 14.7. The van der Waals surface area contributed by atoms with Crippen LogP contribution >= 0.6 is 0 Å². The highest BCUT2D eigenvalue weighted by Crippen LogP contribution is 2.30. The molecule has 0 atom stereocenters. The number of hydrogen-bond acceptors (Lipinski definition) is 7. The fraction of sp³-hybridized carbons (Fsp3) is 0.462. The van der Waals surface area contributed by atoms with Crippen molar-refractivity contribution >= 4 is 23.0 Å². The smallest absolute Gasteiger partial charge is 0.295 e. The number of hydrogen-bond donors (Lipinski definition) is 2. The first-order chi connectivity index (χ1) is 16.9. The Morgan fingerprint density at radius 2 is 1.80 bits per heavy atom. The number of rotatable bonds is 10. The second kappa shape index (κ2) is 11.4. The van der Waals surface area contributed by atoms with E-state index < -0.39 is 5.82 Å². The Hall–Kier alpha value is -3.33. The zero-order chi connectivity index (χ0) is 24.8. The Labute approximate surface area is 204 Å². The molecule has 0 aliphatic carbocycles. The quantitative estimate of drug-likeness (QED) is 0.439. The van der Waals surface area contributed by atoms with Gasteiger partial charge in [0.25, 0.3) is 6.01 Å². The molecule has 2 aromatic carbocycles. The van der Waals surface area contributed by atoms with Gasteiger partial charge >= 0.3 is 0 Å². The van der Waals surface area contributed by atoms with E-state index in [2.05, 4.69) is 20.5 Å². The van der Waals surface area contributed by atoms with Gasteiger partial charge in [0.2, 0.25) is 11.7 Å². The van der Waals surface area contributed by atoms with Crippen LogP contribution in [0.25, 0.3) is 11.1 Å². The summed E-state index contributed by atoms with van der Waals surface area (Å²) < 4.78 is 31.3. The first-order valence-electron chi connectivity index (χ1n) is 12.2. The number of nitrogens with zero attached hydrogens (tertiary/aromatic N) is 2. The Morgan fingerprint density at radius 3 is 2.43 bits per heavy atom. The van der Waals surface area contributed by atoms with E-state index in [0.29, 0.717) is 37.9 Å². The fourth-order valence-corrected chi connectivity index (χ4v) is 4.28. The lowest BCUT2D eigenvalue weighted by Gasteiger charge is -2.32. The number of anilines is 1. The number of likely N-dealkylation sites (tertiary alicyclic amines) is 1. The molecule has 2 heterocycles. The molecule has 2 N–H and O–H groups in total. The lowest BCUT2D eigenvalue weighted by atomic mass is 10.0. The number of ether oxygens (including phenoxy) is 2. The summed E-state index contributed by atoms with van der Waals surface area (Å²) in [4.78, 5) is 18.1. The summed E-state index contributed by atoms with van der Waals surface area (Å²) in [5, 5.41) is 6.21.